The van der Waals surface area contributed by atoms with Gasteiger partial charge < -0.3 is 14.7 Å². The molecule has 1 N–H and O–H groups in total. The minimum absolute atomic E-state index is 0.0100. The first kappa shape index (κ1) is 23.6. The number of oxime groups is 1. The molecule has 0 bridgehead atoms. The van der Waals surface area contributed by atoms with Crippen LogP contribution in [-0.2, 0) is 22.0 Å². The van der Waals surface area contributed by atoms with E-state index in [1.807, 2.05) is 0 Å². The Hall–Kier alpha value is -3.68. The molecule has 0 unspecified atom stereocenters. The maximum absolute atomic E-state index is 12.8. The highest BCUT2D eigenvalue weighted by atomic mass is 19.4. The lowest BCUT2D eigenvalue weighted by Crippen LogP contribution is -2.11. The zero-order chi connectivity index (χ0) is 23.1. The Balaban J connectivity index is 2.02. The minimum atomic E-state index is -4.96. The summed E-state index contributed by atoms with van der Waals surface area (Å²) in [6.45, 7) is -1.03. The lowest BCUT2D eigenvalue weighted by atomic mass is 10.1. The molecule has 0 amide bonds. The summed E-state index contributed by atoms with van der Waals surface area (Å²) in [6, 6.07) is 7.25. The summed E-state index contributed by atoms with van der Waals surface area (Å²) in [5.74, 6) is 3.35. The second-order valence-corrected chi connectivity index (χ2v) is 5.86. The predicted molar refractivity (Wildman–Crippen MR) is 96.4 cm³/mol. The van der Waals surface area contributed by atoms with E-state index < -0.39 is 48.4 Å². The van der Waals surface area contributed by atoms with E-state index in [4.69, 9.17) is 9.84 Å². The van der Waals surface area contributed by atoms with Gasteiger partial charge in [-0.2, -0.15) is 26.3 Å². The smallest absolute Gasteiger partial charge is 0.416 e. The summed E-state index contributed by atoms with van der Waals surface area (Å²) in [4.78, 5) is 14.8. The van der Waals surface area contributed by atoms with Crippen molar-refractivity contribution in [1.29, 1.82) is 0 Å². The summed E-state index contributed by atoms with van der Waals surface area (Å²) in [7, 11) is 0. The van der Waals surface area contributed by atoms with Crippen LogP contribution in [0.4, 0.5) is 26.3 Å². The molecule has 0 aliphatic heterocycles. The maximum Gasteiger partial charge on any atom is 0.416 e. The first-order chi connectivity index (χ1) is 14.4. The van der Waals surface area contributed by atoms with Crippen molar-refractivity contribution >= 4 is 12.2 Å². The van der Waals surface area contributed by atoms with Gasteiger partial charge in [-0.25, -0.2) is 4.79 Å². The fourth-order valence-corrected chi connectivity index (χ4v) is 2.11. The Kier molecular flexibility index (Phi) is 7.52. The highest BCUT2D eigenvalue weighted by molar-refractivity contribution is 5.79. The largest absolute Gasteiger partial charge is 0.481 e. The molecular weight excluding hydrogens is 432 g/mol. The lowest BCUT2D eigenvalue weighted by Gasteiger charge is -2.14. The molecule has 164 valence electrons. The summed E-state index contributed by atoms with van der Waals surface area (Å²) < 4.78 is 81.9. The number of carboxylic acids is 1. The summed E-state index contributed by atoms with van der Waals surface area (Å²) in [5, 5.41) is 11.8. The van der Waals surface area contributed by atoms with E-state index in [9.17, 15) is 31.1 Å². The average Bonchev–Trinajstić information content (AvgIpc) is 2.68. The molecule has 0 aromatic heterocycles. The van der Waals surface area contributed by atoms with E-state index in [-0.39, 0.29) is 6.07 Å². The van der Waals surface area contributed by atoms with Crippen molar-refractivity contribution in [2.45, 2.75) is 12.4 Å². The van der Waals surface area contributed by atoms with Crippen LogP contribution in [0.25, 0.3) is 0 Å². The number of ether oxygens (including phenoxy) is 1. The molecule has 0 heterocycles. The third kappa shape index (κ3) is 7.93. The summed E-state index contributed by atoms with van der Waals surface area (Å²) in [6.07, 6.45) is -8.65. The number of carbonyl (C=O) groups is 1. The molecule has 0 aliphatic carbocycles. The second kappa shape index (κ2) is 9.88. The van der Waals surface area contributed by atoms with E-state index in [1.165, 1.54) is 6.21 Å². The maximum atomic E-state index is 12.8. The van der Waals surface area contributed by atoms with E-state index in [2.05, 4.69) is 21.8 Å². The summed E-state index contributed by atoms with van der Waals surface area (Å²) in [5.41, 5.74) is -1.88. The van der Waals surface area contributed by atoms with Crippen LogP contribution < -0.4 is 4.74 Å². The third-order valence-electron chi connectivity index (χ3n) is 3.48. The number of hydrogen-bond acceptors (Lipinski definition) is 4. The average molecular weight is 445 g/mol. The van der Waals surface area contributed by atoms with Gasteiger partial charge in [-0.3, -0.25) is 0 Å². The van der Waals surface area contributed by atoms with Gasteiger partial charge in [-0.1, -0.05) is 29.1 Å². The van der Waals surface area contributed by atoms with Gasteiger partial charge >= 0.3 is 18.3 Å². The van der Waals surface area contributed by atoms with Crippen LogP contribution in [0.3, 0.4) is 0 Å². The fourth-order valence-electron chi connectivity index (χ4n) is 2.11. The number of benzene rings is 2. The number of hydrogen-bond donors (Lipinski definition) is 1. The van der Waals surface area contributed by atoms with E-state index in [1.54, 1.807) is 24.3 Å². The number of carboxylic acid groups (broad SMARTS) is 1. The van der Waals surface area contributed by atoms with E-state index in [0.717, 1.165) is 0 Å². The SMILES string of the molecule is O=C(O)CO/N=C/c1ccc(C#CCOc2cc(C(F)(F)F)cc(C(F)(F)F)c2)cc1. The minimum Gasteiger partial charge on any atom is -0.481 e. The highest BCUT2D eigenvalue weighted by Crippen LogP contribution is 2.38. The Labute approximate surface area is 171 Å². The van der Waals surface area contributed by atoms with Gasteiger partial charge in [0.15, 0.2) is 0 Å². The molecule has 0 fully saturated rings. The standard InChI is InChI=1S/C20H13F6NO4/c21-19(22,23)15-8-16(20(24,25)26)10-17(9-15)30-7-1-2-13-3-5-14(6-4-13)11-27-31-12-18(28)29/h3-6,8-11H,7,12H2,(H,28,29)/b27-11+. The van der Waals surface area contributed by atoms with E-state index >= 15 is 0 Å². The number of rotatable bonds is 6. The topological polar surface area (TPSA) is 68.1 Å². The van der Waals surface area contributed by atoms with Gasteiger partial charge in [0.1, 0.15) is 12.4 Å². The molecule has 0 saturated heterocycles. The molecule has 0 aliphatic rings. The molecule has 2 rings (SSSR count). The van der Waals surface area contributed by atoms with Crippen molar-refractivity contribution in [1.82, 2.24) is 0 Å². The van der Waals surface area contributed by atoms with Crippen LogP contribution >= 0.6 is 0 Å². The highest BCUT2D eigenvalue weighted by Gasteiger charge is 2.37. The van der Waals surface area contributed by atoms with Crippen LogP contribution in [0, 0.1) is 11.8 Å². The molecule has 5 nitrogen and oxygen atoms in total. The van der Waals surface area contributed by atoms with Crippen LogP contribution in [0.15, 0.2) is 47.6 Å². The van der Waals surface area contributed by atoms with Crippen molar-refractivity contribution in [2.24, 2.45) is 5.16 Å². The number of alkyl halides is 6. The van der Waals surface area contributed by atoms with Gasteiger partial charge in [-0.05, 0) is 35.9 Å². The van der Waals surface area contributed by atoms with Crippen molar-refractivity contribution in [3.05, 3.63) is 64.7 Å². The molecule has 11 heteroatoms. The Morgan fingerprint density at radius 3 is 2.10 bits per heavy atom. The lowest BCUT2D eigenvalue weighted by molar-refractivity contribution is -0.144. The quantitative estimate of drug-likeness (QED) is 0.306. The molecule has 31 heavy (non-hydrogen) atoms. The van der Waals surface area contributed by atoms with Gasteiger partial charge in [0, 0.05) is 5.56 Å². The number of halogens is 6. The van der Waals surface area contributed by atoms with Crippen LogP contribution in [-0.4, -0.2) is 30.5 Å². The molecular formula is C20H13F6NO4. The van der Waals surface area contributed by atoms with Crippen molar-refractivity contribution < 1.29 is 45.8 Å². The molecule has 0 atom stereocenters. The van der Waals surface area contributed by atoms with Gasteiger partial charge in [0.25, 0.3) is 0 Å². The number of aliphatic carboxylic acids is 1. The zero-order valence-electron chi connectivity index (χ0n) is 15.4. The van der Waals surface area contributed by atoms with Gasteiger partial charge in [0.05, 0.1) is 17.3 Å². The molecule has 0 radical (unpaired) electrons. The third-order valence-corrected chi connectivity index (χ3v) is 3.48. The Morgan fingerprint density at radius 2 is 1.58 bits per heavy atom. The number of nitrogens with zero attached hydrogens (tertiary/aromatic N) is 1. The first-order valence-electron chi connectivity index (χ1n) is 8.33. The molecule has 0 saturated carbocycles. The molecule has 2 aromatic rings. The van der Waals surface area contributed by atoms with Gasteiger partial charge in [-0.15, -0.1) is 0 Å². The predicted octanol–water partition coefficient (Wildman–Crippen LogP) is 4.59. The van der Waals surface area contributed by atoms with Crippen LogP contribution in [0.5, 0.6) is 5.75 Å². The van der Waals surface area contributed by atoms with Crippen molar-refractivity contribution in [2.75, 3.05) is 13.2 Å². The Morgan fingerprint density at radius 1 is 1.00 bits per heavy atom. The van der Waals surface area contributed by atoms with Crippen LogP contribution in [0.2, 0.25) is 0 Å². The first-order valence-corrected chi connectivity index (χ1v) is 8.33. The zero-order valence-corrected chi connectivity index (χ0v) is 15.4. The van der Waals surface area contributed by atoms with Crippen molar-refractivity contribution in [3.8, 4) is 17.6 Å². The fraction of sp³-hybridized carbons (Fsp3) is 0.200. The van der Waals surface area contributed by atoms with Crippen LogP contribution in [0.1, 0.15) is 22.3 Å². The van der Waals surface area contributed by atoms with E-state index in [0.29, 0.717) is 23.3 Å². The monoisotopic (exact) mass is 445 g/mol. The van der Waals surface area contributed by atoms with Crippen molar-refractivity contribution in [3.63, 3.8) is 0 Å². The molecule has 2 aromatic carbocycles. The molecule has 0 spiro atoms. The van der Waals surface area contributed by atoms with Gasteiger partial charge in [0.2, 0.25) is 6.61 Å². The summed E-state index contributed by atoms with van der Waals surface area (Å²) >= 11 is 0. The normalized spacial score (nSPS) is 11.7. The Bertz CT molecular complexity index is 969. The second-order valence-electron chi connectivity index (χ2n) is 5.86.